The van der Waals surface area contributed by atoms with Crippen molar-refractivity contribution in [3.8, 4) is 0 Å². The summed E-state index contributed by atoms with van der Waals surface area (Å²) in [6, 6.07) is 6.14. The molecule has 2 rings (SSSR count). The van der Waals surface area contributed by atoms with E-state index in [1.54, 1.807) is 12.0 Å². The van der Waals surface area contributed by atoms with E-state index in [1.807, 2.05) is 19.1 Å². The summed E-state index contributed by atoms with van der Waals surface area (Å²) in [4.78, 5) is 13.5. The summed E-state index contributed by atoms with van der Waals surface area (Å²) < 4.78 is 5.00. The molecule has 0 fully saturated rings. The summed E-state index contributed by atoms with van der Waals surface area (Å²) in [5, 5.41) is 0. The Kier molecular flexibility index (Phi) is 2.73. The zero-order valence-corrected chi connectivity index (χ0v) is 9.12. The van der Waals surface area contributed by atoms with Crippen molar-refractivity contribution in [2.24, 2.45) is 0 Å². The van der Waals surface area contributed by atoms with Crippen LogP contribution in [0.5, 0.6) is 0 Å². The molecule has 1 aliphatic heterocycles. The van der Waals surface area contributed by atoms with Crippen molar-refractivity contribution in [2.45, 2.75) is 13.3 Å². The largest absolute Gasteiger partial charge is 0.383 e. The van der Waals surface area contributed by atoms with Gasteiger partial charge in [-0.2, -0.15) is 0 Å². The number of methoxy groups -OCH3 is 1. The molecule has 0 spiro atoms. The van der Waals surface area contributed by atoms with E-state index in [1.165, 1.54) is 5.56 Å². The molecule has 0 unspecified atom stereocenters. The van der Waals surface area contributed by atoms with Gasteiger partial charge in [-0.1, -0.05) is 17.7 Å². The van der Waals surface area contributed by atoms with Crippen LogP contribution in [0.25, 0.3) is 0 Å². The van der Waals surface area contributed by atoms with E-state index in [0.717, 1.165) is 11.3 Å². The zero-order valence-electron chi connectivity index (χ0n) is 9.12. The molecule has 0 N–H and O–H groups in total. The van der Waals surface area contributed by atoms with Crippen molar-refractivity contribution in [3.63, 3.8) is 0 Å². The number of anilines is 1. The molecule has 1 aromatic rings. The lowest BCUT2D eigenvalue weighted by Crippen LogP contribution is -2.30. The number of hydrogen-bond acceptors (Lipinski definition) is 2. The first-order valence-corrected chi connectivity index (χ1v) is 5.11. The van der Waals surface area contributed by atoms with Crippen LogP contribution in [0.4, 0.5) is 5.69 Å². The fourth-order valence-corrected chi connectivity index (χ4v) is 1.94. The number of hydrogen-bond donors (Lipinski definition) is 0. The van der Waals surface area contributed by atoms with E-state index < -0.39 is 0 Å². The average molecular weight is 205 g/mol. The maximum Gasteiger partial charge on any atom is 0.231 e. The van der Waals surface area contributed by atoms with Gasteiger partial charge in [-0.3, -0.25) is 4.79 Å². The Labute approximate surface area is 89.7 Å². The maximum atomic E-state index is 11.7. The van der Waals surface area contributed by atoms with Crippen LogP contribution in [0.15, 0.2) is 18.2 Å². The van der Waals surface area contributed by atoms with Crippen molar-refractivity contribution in [1.82, 2.24) is 0 Å². The van der Waals surface area contributed by atoms with Gasteiger partial charge in [-0.05, 0) is 18.6 Å². The summed E-state index contributed by atoms with van der Waals surface area (Å²) in [7, 11) is 1.65. The number of nitrogens with zero attached hydrogens (tertiary/aromatic N) is 1. The molecule has 3 nitrogen and oxygen atoms in total. The molecule has 0 aliphatic carbocycles. The first-order valence-electron chi connectivity index (χ1n) is 5.11. The van der Waals surface area contributed by atoms with Gasteiger partial charge >= 0.3 is 0 Å². The Bertz CT molecular complexity index is 387. The molecular formula is C12H15NO2. The van der Waals surface area contributed by atoms with E-state index in [9.17, 15) is 4.79 Å². The van der Waals surface area contributed by atoms with Crippen LogP contribution in [-0.4, -0.2) is 26.2 Å². The Morgan fingerprint density at radius 1 is 1.47 bits per heavy atom. The second-order valence-corrected chi connectivity index (χ2v) is 3.85. The molecule has 80 valence electrons. The van der Waals surface area contributed by atoms with E-state index in [0.29, 0.717) is 19.6 Å². The molecule has 1 heterocycles. The quantitative estimate of drug-likeness (QED) is 0.749. The fraction of sp³-hybridized carbons (Fsp3) is 0.417. The molecular weight excluding hydrogens is 190 g/mol. The van der Waals surface area contributed by atoms with E-state index in [2.05, 4.69) is 6.07 Å². The van der Waals surface area contributed by atoms with Crippen LogP contribution in [0.3, 0.4) is 0 Å². The highest BCUT2D eigenvalue weighted by atomic mass is 16.5. The van der Waals surface area contributed by atoms with Gasteiger partial charge in [0, 0.05) is 19.3 Å². The van der Waals surface area contributed by atoms with Crippen molar-refractivity contribution in [3.05, 3.63) is 29.3 Å². The summed E-state index contributed by atoms with van der Waals surface area (Å²) in [6.07, 6.45) is 0.528. The van der Waals surface area contributed by atoms with Gasteiger partial charge in [-0.25, -0.2) is 0 Å². The number of rotatable bonds is 3. The normalized spacial score (nSPS) is 14.5. The molecule has 0 saturated heterocycles. The minimum Gasteiger partial charge on any atom is -0.383 e. The van der Waals surface area contributed by atoms with Crippen molar-refractivity contribution in [2.75, 3.05) is 25.2 Å². The molecule has 0 saturated carbocycles. The predicted octanol–water partition coefficient (Wildman–Crippen LogP) is 1.53. The third-order valence-corrected chi connectivity index (χ3v) is 2.69. The van der Waals surface area contributed by atoms with Gasteiger partial charge < -0.3 is 9.64 Å². The van der Waals surface area contributed by atoms with Crippen LogP contribution in [0, 0.1) is 6.92 Å². The molecule has 0 radical (unpaired) electrons. The minimum atomic E-state index is 0.174. The number of aryl methyl sites for hydroxylation is 1. The fourth-order valence-electron chi connectivity index (χ4n) is 1.94. The van der Waals surface area contributed by atoms with Crippen molar-refractivity contribution >= 4 is 11.6 Å². The SMILES string of the molecule is COCCN1C(=O)Cc2cc(C)ccc21. The number of carbonyl (C=O) groups is 1. The highest BCUT2D eigenvalue weighted by Gasteiger charge is 2.26. The Morgan fingerprint density at radius 2 is 2.27 bits per heavy atom. The highest BCUT2D eigenvalue weighted by Crippen LogP contribution is 2.29. The summed E-state index contributed by atoms with van der Waals surface area (Å²) in [6.45, 7) is 3.27. The van der Waals surface area contributed by atoms with Crippen molar-refractivity contribution < 1.29 is 9.53 Å². The lowest BCUT2D eigenvalue weighted by atomic mass is 10.1. The number of ether oxygens (including phenoxy) is 1. The van der Waals surface area contributed by atoms with Crippen LogP contribution in [0.2, 0.25) is 0 Å². The Morgan fingerprint density at radius 3 is 3.00 bits per heavy atom. The molecule has 15 heavy (non-hydrogen) atoms. The molecule has 1 aliphatic rings. The van der Waals surface area contributed by atoms with E-state index in [4.69, 9.17) is 4.74 Å². The summed E-state index contributed by atoms with van der Waals surface area (Å²) in [5.41, 5.74) is 3.38. The number of fused-ring (bicyclic) bond motifs is 1. The zero-order chi connectivity index (χ0) is 10.8. The van der Waals surface area contributed by atoms with E-state index in [-0.39, 0.29) is 5.91 Å². The first-order chi connectivity index (χ1) is 7.22. The molecule has 3 heteroatoms. The number of benzene rings is 1. The second-order valence-electron chi connectivity index (χ2n) is 3.85. The van der Waals surface area contributed by atoms with Gasteiger partial charge in [-0.15, -0.1) is 0 Å². The highest BCUT2D eigenvalue weighted by molar-refractivity contribution is 6.01. The molecule has 1 aromatic carbocycles. The number of amides is 1. The maximum absolute atomic E-state index is 11.7. The van der Waals surface area contributed by atoms with Gasteiger partial charge in [0.2, 0.25) is 5.91 Å². The van der Waals surface area contributed by atoms with Crippen LogP contribution < -0.4 is 4.90 Å². The van der Waals surface area contributed by atoms with Gasteiger partial charge in [0.25, 0.3) is 0 Å². The minimum absolute atomic E-state index is 0.174. The Balaban J connectivity index is 2.25. The van der Waals surface area contributed by atoms with Gasteiger partial charge in [0.05, 0.1) is 13.0 Å². The smallest absolute Gasteiger partial charge is 0.231 e. The predicted molar refractivity (Wildman–Crippen MR) is 59.1 cm³/mol. The van der Waals surface area contributed by atoms with Gasteiger partial charge in [0.15, 0.2) is 0 Å². The lowest BCUT2D eigenvalue weighted by Gasteiger charge is -2.16. The van der Waals surface area contributed by atoms with Crippen LogP contribution in [0.1, 0.15) is 11.1 Å². The third-order valence-electron chi connectivity index (χ3n) is 2.69. The summed E-state index contributed by atoms with van der Waals surface area (Å²) in [5.74, 6) is 0.174. The van der Waals surface area contributed by atoms with Crippen LogP contribution in [-0.2, 0) is 16.0 Å². The van der Waals surface area contributed by atoms with Crippen molar-refractivity contribution in [1.29, 1.82) is 0 Å². The topological polar surface area (TPSA) is 29.5 Å². The first kappa shape index (κ1) is 10.2. The van der Waals surface area contributed by atoms with E-state index >= 15 is 0 Å². The monoisotopic (exact) mass is 205 g/mol. The standard InChI is InChI=1S/C12H15NO2/c1-9-3-4-11-10(7-9)8-12(14)13(11)5-6-15-2/h3-4,7H,5-6,8H2,1-2H3. The molecule has 1 amide bonds. The lowest BCUT2D eigenvalue weighted by molar-refractivity contribution is -0.117. The Hall–Kier alpha value is -1.35. The summed E-state index contributed by atoms with van der Waals surface area (Å²) >= 11 is 0. The second kappa shape index (κ2) is 4.03. The average Bonchev–Trinajstić information content (AvgIpc) is 2.50. The van der Waals surface area contributed by atoms with Crippen LogP contribution >= 0.6 is 0 Å². The molecule has 0 aromatic heterocycles. The third kappa shape index (κ3) is 1.88. The molecule has 0 atom stereocenters. The molecule has 0 bridgehead atoms. The number of carbonyl (C=O) groups excluding carboxylic acids is 1. The van der Waals surface area contributed by atoms with Gasteiger partial charge in [0.1, 0.15) is 0 Å².